The lowest BCUT2D eigenvalue weighted by Gasteiger charge is -2.14. The molecule has 0 aliphatic carbocycles. The van der Waals surface area contributed by atoms with Crippen LogP contribution < -0.4 is 5.32 Å². The van der Waals surface area contributed by atoms with Gasteiger partial charge < -0.3 is 15.4 Å². The average Bonchev–Trinajstić information content (AvgIpc) is 3.02. The van der Waals surface area contributed by atoms with E-state index >= 15 is 0 Å². The van der Waals surface area contributed by atoms with Crippen LogP contribution in [0.2, 0.25) is 0 Å². The predicted molar refractivity (Wildman–Crippen MR) is 74.3 cm³/mol. The number of amides is 1. The summed E-state index contributed by atoms with van der Waals surface area (Å²) in [5.74, 6) is -1.74. The van der Waals surface area contributed by atoms with Gasteiger partial charge in [0.1, 0.15) is 0 Å². The molecule has 0 radical (unpaired) electrons. The van der Waals surface area contributed by atoms with E-state index in [9.17, 15) is 9.59 Å². The number of carbonyl (C=O) groups excluding carboxylic acids is 1. The number of imidazole rings is 1. The van der Waals surface area contributed by atoms with Gasteiger partial charge in [-0.1, -0.05) is 0 Å². The summed E-state index contributed by atoms with van der Waals surface area (Å²) in [5, 5.41) is 15.9. The summed E-state index contributed by atoms with van der Waals surface area (Å²) in [7, 11) is 0. The number of hydrogen-bond acceptors (Lipinski definition) is 4. The topological polar surface area (TPSA) is 113 Å². The maximum absolute atomic E-state index is 12.0. The maximum Gasteiger partial charge on any atom is 0.354 e. The van der Waals surface area contributed by atoms with Crippen LogP contribution in [0, 0.1) is 13.8 Å². The highest BCUT2D eigenvalue weighted by molar-refractivity contribution is 6.02. The van der Waals surface area contributed by atoms with Crippen LogP contribution in [0.3, 0.4) is 0 Å². The third-order valence-electron chi connectivity index (χ3n) is 3.09. The van der Waals surface area contributed by atoms with E-state index in [4.69, 9.17) is 5.11 Å². The molecule has 112 valence electrons. The number of rotatable bonds is 5. The third kappa shape index (κ3) is 3.10. The summed E-state index contributed by atoms with van der Waals surface area (Å²) in [5.41, 5.74) is 1.57. The molecule has 0 aliphatic heterocycles. The molecule has 1 atom stereocenters. The number of carboxylic acid groups (broad SMARTS) is 1. The van der Waals surface area contributed by atoms with Crippen molar-refractivity contribution in [3.05, 3.63) is 35.2 Å². The van der Waals surface area contributed by atoms with Gasteiger partial charge in [-0.2, -0.15) is 5.10 Å². The highest BCUT2D eigenvalue weighted by atomic mass is 16.4. The zero-order valence-electron chi connectivity index (χ0n) is 12.0. The molecule has 8 nitrogen and oxygen atoms in total. The Kier molecular flexibility index (Phi) is 4.06. The Balaban J connectivity index is 2.02. The van der Waals surface area contributed by atoms with Crippen molar-refractivity contribution in [3.8, 4) is 0 Å². The Morgan fingerprint density at radius 3 is 2.76 bits per heavy atom. The second-order valence-corrected chi connectivity index (χ2v) is 4.86. The van der Waals surface area contributed by atoms with Crippen molar-refractivity contribution in [2.24, 2.45) is 0 Å². The molecule has 2 rings (SSSR count). The van der Waals surface area contributed by atoms with E-state index in [2.05, 4.69) is 20.4 Å². The minimum atomic E-state index is -1.22. The van der Waals surface area contributed by atoms with E-state index in [0.29, 0.717) is 6.54 Å². The van der Waals surface area contributed by atoms with Gasteiger partial charge >= 0.3 is 5.97 Å². The van der Waals surface area contributed by atoms with Crippen molar-refractivity contribution in [2.45, 2.75) is 26.8 Å². The number of nitrogens with one attached hydrogen (secondary N) is 2. The van der Waals surface area contributed by atoms with Crippen molar-refractivity contribution in [3.63, 3.8) is 0 Å². The van der Waals surface area contributed by atoms with Crippen LogP contribution in [-0.4, -0.2) is 43.3 Å². The molecular formula is C13H17N5O3. The first kappa shape index (κ1) is 14.8. The standard InChI is InChI=1S/C13H17N5O3/c1-7-4-8(2)18(17-7)9(3)5-14-12(19)10-11(13(20)21)16-6-15-10/h4,6,9H,5H2,1-3H3,(H,14,19)(H,15,16)(H,20,21)/t9-/m1/s1. The average molecular weight is 291 g/mol. The molecule has 1 amide bonds. The first-order valence-corrected chi connectivity index (χ1v) is 6.47. The Labute approximate surface area is 121 Å². The number of aromatic amines is 1. The van der Waals surface area contributed by atoms with E-state index in [1.54, 1.807) is 0 Å². The molecule has 0 bridgehead atoms. The minimum absolute atomic E-state index is 0.0464. The summed E-state index contributed by atoms with van der Waals surface area (Å²) >= 11 is 0. The summed E-state index contributed by atoms with van der Waals surface area (Å²) in [4.78, 5) is 29.1. The molecule has 0 aromatic carbocycles. The lowest BCUT2D eigenvalue weighted by atomic mass is 10.2. The SMILES string of the molecule is Cc1cc(C)n([C@H](C)CNC(=O)c2nc[nH]c2C(=O)O)n1. The first-order valence-electron chi connectivity index (χ1n) is 6.47. The van der Waals surface area contributed by atoms with E-state index in [1.807, 2.05) is 31.5 Å². The maximum atomic E-state index is 12.0. The van der Waals surface area contributed by atoms with Gasteiger partial charge in [0.05, 0.1) is 18.1 Å². The fourth-order valence-corrected chi connectivity index (χ4v) is 2.13. The van der Waals surface area contributed by atoms with Gasteiger partial charge in [-0.05, 0) is 26.8 Å². The molecule has 21 heavy (non-hydrogen) atoms. The number of aromatic nitrogens is 4. The quantitative estimate of drug-likeness (QED) is 0.758. The lowest BCUT2D eigenvalue weighted by Crippen LogP contribution is -2.31. The fraction of sp³-hybridized carbons (Fsp3) is 0.385. The van der Waals surface area contributed by atoms with E-state index in [0.717, 1.165) is 11.4 Å². The third-order valence-corrected chi connectivity index (χ3v) is 3.09. The number of H-pyrrole nitrogens is 1. The van der Waals surface area contributed by atoms with Crippen molar-refractivity contribution in [2.75, 3.05) is 6.54 Å². The van der Waals surface area contributed by atoms with Gasteiger partial charge in [-0.15, -0.1) is 0 Å². The van der Waals surface area contributed by atoms with Crippen LogP contribution in [0.4, 0.5) is 0 Å². The van der Waals surface area contributed by atoms with Crippen molar-refractivity contribution < 1.29 is 14.7 Å². The van der Waals surface area contributed by atoms with Crippen LogP contribution in [0.25, 0.3) is 0 Å². The first-order chi connectivity index (χ1) is 9.90. The van der Waals surface area contributed by atoms with Crippen LogP contribution in [0.15, 0.2) is 12.4 Å². The second kappa shape index (κ2) is 5.78. The zero-order chi connectivity index (χ0) is 15.6. The summed E-state index contributed by atoms with van der Waals surface area (Å²) in [6.07, 6.45) is 1.18. The van der Waals surface area contributed by atoms with Crippen molar-refractivity contribution in [1.82, 2.24) is 25.1 Å². The van der Waals surface area contributed by atoms with Crippen LogP contribution in [0.5, 0.6) is 0 Å². The summed E-state index contributed by atoms with van der Waals surface area (Å²) in [6, 6.07) is 1.91. The molecule has 0 spiro atoms. The fourth-order valence-electron chi connectivity index (χ4n) is 2.13. The normalized spacial score (nSPS) is 12.1. The van der Waals surface area contributed by atoms with Gasteiger partial charge in [0.15, 0.2) is 11.4 Å². The number of aryl methyl sites for hydroxylation is 2. The number of hydrogen-bond donors (Lipinski definition) is 3. The Morgan fingerprint density at radius 2 is 2.19 bits per heavy atom. The van der Waals surface area contributed by atoms with Gasteiger partial charge in [-0.3, -0.25) is 9.48 Å². The molecule has 2 aromatic rings. The highest BCUT2D eigenvalue weighted by Gasteiger charge is 2.20. The smallest absolute Gasteiger partial charge is 0.354 e. The summed E-state index contributed by atoms with van der Waals surface area (Å²) in [6.45, 7) is 6.08. The monoisotopic (exact) mass is 291 g/mol. The molecule has 2 aromatic heterocycles. The number of carbonyl (C=O) groups is 2. The Hall–Kier alpha value is -2.64. The molecule has 3 N–H and O–H groups in total. The molecule has 2 heterocycles. The largest absolute Gasteiger partial charge is 0.477 e. The highest BCUT2D eigenvalue weighted by Crippen LogP contribution is 2.10. The molecule has 0 aliphatic rings. The van der Waals surface area contributed by atoms with Gasteiger partial charge in [0, 0.05) is 12.2 Å². The van der Waals surface area contributed by atoms with Crippen LogP contribution in [0.1, 0.15) is 45.3 Å². The number of aromatic carboxylic acids is 1. The predicted octanol–water partition coefficient (Wildman–Crippen LogP) is 0.912. The van der Waals surface area contributed by atoms with Gasteiger partial charge in [0.2, 0.25) is 0 Å². The molecular weight excluding hydrogens is 274 g/mol. The van der Waals surface area contributed by atoms with Gasteiger partial charge in [-0.25, -0.2) is 9.78 Å². The molecule has 0 unspecified atom stereocenters. The summed E-state index contributed by atoms with van der Waals surface area (Å²) < 4.78 is 1.82. The zero-order valence-corrected chi connectivity index (χ0v) is 12.0. The molecule has 8 heteroatoms. The minimum Gasteiger partial charge on any atom is -0.477 e. The van der Waals surface area contributed by atoms with Gasteiger partial charge in [0.25, 0.3) is 5.91 Å². The molecule has 0 saturated carbocycles. The van der Waals surface area contributed by atoms with Crippen molar-refractivity contribution >= 4 is 11.9 Å². The van der Waals surface area contributed by atoms with Crippen molar-refractivity contribution in [1.29, 1.82) is 0 Å². The number of carboxylic acids is 1. The van der Waals surface area contributed by atoms with E-state index < -0.39 is 11.9 Å². The second-order valence-electron chi connectivity index (χ2n) is 4.86. The van der Waals surface area contributed by atoms with E-state index in [-0.39, 0.29) is 17.4 Å². The molecule has 0 fully saturated rings. The van der Waals surface area contributed by atoms with Crippen LogP contribution in [-0.2, 0) is 0 Å². The number of nitrogens with zero attached hydrogens (tertiary/aromatic N) is 3. The van der Waals surface area contributed by atoms with E-state index in [1.165, 1.54) is 6.33 Å². The Bertz CT molecular complexity index is 673. The lowest BCUT2D eigenvalue weighted by molar-refractivity contribution is 0.0685. The van der Waals surface area contributed by atoms with Crippen LogP contribution >= 0.6 is 0 Å². The Morgan fingerprint density at radius 1 is 1.48 bits per heavy atom. The molecule has 0 saturated heterocycles.